The van der Waals surface area contributed by atoms with Gasteiger partial charge >= 0.3 is 0 Å². The number of hydrogen-bond acceptors (Lipinski definition) is 5. The third-order valence-corrected chi connectivity index (χ3v) is 5.64. The van der Waals surface area contributed by atoms with Crippen molar-refractivity contribution < 1.29 is 17.9 Å². The number of sulfone groups is 1. The van der Waals surface area contributed by atoms with Crippen LogP contribution in [0.2, 0.25) is 0 Å². The molecule has 2 aliphatic rings. The van der Waals surface area contributed by atoms with E-state index in [1.807, 2.05) is 17.0 Å². The van der Waals surface area contributed by atoms with Crippen molar-refractivity contribution in [3.05, 3.63) is 36.0 Å². The number of likely N-dealkylation sites (tertiary alicyclic amines) is 1. The highest BCUT2D eigenvalue weighted by molar-refractivity contribution is 7.94. The minimum atomic E-state index is -3.09. The summed E-state index contributed by atoms with van der Waals surface area (Å²) in [5, 5.41) is 1.22. The summed E-state index contributed by atoms with van der Waals surface area (Å²) < 4.78 is 28.6. The molecule has 7 heteroatoms. The number of rotatable bonds is 4. The van der Waals surface area contributed by atoms with Crippen molar-refractivity contribution in [3.8, 4) is 5.75 Å². The van der Waals surface area contributed by atoms with E-state index in [2.05, 4.69) is 4.98 Å². The molecule has 1 unspecified atom stereocenters. The van der Waals surface area contributed by atoms with Gasteiger partial charge in [-0.1, -0.05) is 6.08 Å². The molecular formula is C16H20N2O4S. The van der Waals surface area contributed by atoms with E-state index >= 15 is 0 Å². The van der Waals surface area contributed by atoms with Crippen LogP contribution in [0.15, 0.2) is 36.0 Å². The monoisotopic (exact) mass is 336 g/mol. The SMILES string of the molecule is O=C(CC1C=CS(=O)(=O)C1)N1CCC(Oc2cccnc2)CC1. The Bertz CT molecular complexity index is 679. The topological polar surface area (TPSA) is 76.6 Å². The smallest absolute Gasteiger partial charge is 0.223 e. The molecule has 3 rings (SSSR count). The molecular weight excluding hydrogens is 316 g/mol. The van der Waals surface area contributed by atoms with Gasteiger partial charge in [0.1, 0.15) is 11.9 Å². The number of ether oxygens (including phenoxy) is 1. The molecule has 124 valence electrons. The first kappa shape index (κ1) is 16.0. The minimum Gasteiger partial charge on any atom is -0.489 e. The van der Waals surface area contributed by atoms with Gasteiger partial charge in [0.15, 0.2) is 9.84 Å². The number of carbonyl (C=O) groups excluding carboxylic acids is 1. The Hall–Kier alpha value is -1.89. The Kier molecular flexibility index (Phi) is 4.66. The first-order valence-electron chi connectivity index (χ1n) is 7.77. The average Bonchev–Trinajstić information content (AvgIpc) is 2.88. The summed E-state index contributed by atoms with van der Waals surface area (Å²) in [6, 6.07) is 3.70. The van der Waals surface area contributed by atoms with Crippen molar-refractivity contribution in [3.63, 3.8) is 0 Å². The van der Waals surface area contributed by atoms with Crippen LogP contribution in [0.25, 0.3) is 0 Å². The Morgan fingerprint density at radius 1 is 1.35 bits per heavy atom. The third-order valence-electron chi connectivity index (χ3n) is 4.17. The summed E-state index contributed by atoms with van der Waals surface area (Å²) in [5.41, 5.74) is 0. The van der Waals surface area contributed by atoms with Crippen LogP contribution < -0.4 is 4.74 Å². The fourth-order valence-electron chi connectivity index (χ4n) is 2.95. The Morgan fingerprint density at radius 3 is 2.74 bits per heavy atom. The molecule has 1 fully saturated rings. The largest absolute Gasteiger partial charge is 0.489 e. The zero-order chi connectivity index (χ0) is 16.3. The van der Waals surface area contributed by atoms with Crippen LogP contribution in [0, 0.1) is 5.92 Å². The maximum atomic E-state index is 12.3. The second kappa shape index (κ2) is 6.70. The summed E-state index contributed by atoms with van der Waals surface area (Å²) in [7, 11) is -3.09. The highest BCUT2D eigenvalue weighted by Crippen LogP contribution is 2.22. The fraction of sp³-hybridized carbons (Fsp3) is 0.500. The lowest BCUT2D eigenvalue weighted by molar-refractivity contribution is -0.133. The van der Waals surface area contributed by atoms with Crippen molar-refractivity contribution in [1.29, 1.82) is 0 Å². The standard InChI is InChI=1S/C16H20N2O4S/c19-16(10-13-5-9-23(20,21)12-13)18-7-3-14(4-8-18)22-15-2-1-6-17-11-15/h1-2,5-6,9,11,13-14H,3-4,7-8,10,12H2. The van der Waals surface area contributed by atoms with Gasteiger partial charge in [0.05, 0.1) is 11.9 Å². The van der Waals surface area contributed by atoms with Crippen LogP contribution in [0.4, 0.5) is 0 Å². The van der Waals surface area contributed by atoms with E-state index in [-0.39, 0.29) is 30.1 Å². The lowest BCUT2D eigenvalue weighted by atomic mass is 10.0. The second-order valence-corrected chi connectivity index (χ2v) is 7.94. The quantitative estimate of drug-likeness (QED) is 0.831. The molecule has 6 nitrogen and oxygen atoms in total. The fourth-order valence-corrected chi connectivity index (χ4v) is 4.35. The number of piperidine rings is 1. The number of carbonyl (C=O) groups is 1. The number of aromatic nitrogens is 1. The summed E-state index contributed by atoms with van der Waals surface area (Å²) >= 11 is 0. The third kappa shape index (κ3) is 4.31. The number of pyridine rings is 1. The highest BCUT2D eigenvalue weighted by atomic mass is 32.2. The molecule has 1 aromatic rings. The van der Waals surface area contributed by atoms with Crippen molar-refractivity contribution >= 4 is 15.7 Å². The van der Waals surface area contributed by atoms with E-state index < -0.39 is 9.84 Å². The van der Waals surface area contributed by atoms with E-state index in [1.165, 1.54) is 5.41 Å². The Labute approximate surface area is 136 Å². The normalized spacial score (nSPS) is 23.8. The number of hydrogen-bond donors (Lipinski definition) is 0. The number of allylic oxidation sites excluding steroid dienone is 1. The van der Waals surface area contributed by atoms with E-state index in [9.17, 15) is 13.2 Å². The highest BCUT2D eigenvalue weighted by Gasteiger charge is 2.28. The van der Waals surface area contributed by atoms with Crippen LogP contribution in [0.3, 0.4) is 0 Å². The first-order valence-corrected chi connectivity index (χ1v) is 9.49. The summed E-state index contributed by atoms with van der Waals surface area (Å²) in [6.07, 6.45) is 6.93. The Morgan fingerprint density at radius 2 is 2.13 bits per heavy atom. The predicted molar refractivity (Wildman–Crippen MR) is 85.5 cm³/mol. The van der Waals surface area contributed by atoms with Crippen molar-refractivity contribution in [2.45, 2.75) is 25.4 Å². The molecule has 0 N–H and O–H groups in total. The zero-order valence-corrected chi connectivity index (χ0v) is 13.6. The number of amides is 1. The Balaban J connectivity index is 1.45. The van der Waals surface area contributed by atoms with Gasteiger partial charge in [-0.25, -0.2) is 8.42 Å². The molecule has 0 spiro atoms. The van der Waals surface area contributed by atoms with Crippen LogP contribution >= 0.6 is 0 Å². The maximum Gasteiger partial charge on any atom is 0.223 e. The lowest BCUT2D eigenvalue weighted by Gasteiger charge is -2.32. The zero-order valence-electron chi connectivity index (χ0n) is 12.8. The van der Waals surface area contributed by atoms with Crippen LogP contribution in [-0.4, -0.2) is 49.2 Å². The molecule has 0 aromatic carbocycles. The molecule has 23 heavy (non-hydrogen) atoms. The van der Waals surface area contributed by atoms with E-state index in [1.54, 1.807) is 18.5 Å². The molecule has 0 bridgehead atoms. The lowest BCUT2D eigenvalue weighted by Crippen LogP contribution is -2.42. The van der Waals surface area contributed by atoms with Gasteiger partial charge in [-0.05, 0) is 12.1 Å². The van der Waals surface area contributed by atoms with E-state index in [0.717, 1.165) is 18.6 Å². The average molecular weight is 336 g/mol. The van der Waals surface area contributed by atoms with Gasteiger partial charge < -0.3 is 9.64 Å². The molecule has 0 aliphatic carbocycles. The first-order chi connectivity index (χ1) is 11.0. The van der Waals surface area contributed by atoms with Crippen molar-refractivity contribution in [1.82, 2.24) is 9.88 Å². The van der Waals surface area contributed by atoms with Crippen LogP contribution in [0.5, 0.6) is 5.75 Å². The molecule has 2 aliphatic heterocycles. The van der Waals surface area contributed by atoms with Crippen molar-refractivity contribution in [2.75, 3.05) is 18.8 Å². The molecule has 1 aromatic heterocycles. The molecule has 1 saturated heterocycles. The van der Waals surface area contributed by atoms with Gasteiger partial charge in [-0.3, -0.25) is 9.78 Å². The predicted octanol–water partition coefficient (Wildman–Crippen LogP) is 1.40. The van der Waals surface area contributed by atoms with E-state index in [0.29, 0.717) is 13.1 Å². The molecule has 0 radical (unpaired) electrons. The summed E-state index contributed by atoms with van der Waals surface area (Å²) in [6.45, 7) is 1.29. The van der Waals surface area contributed by atoms with Gasteiger partial charge in [0.2, 0.25) is 5.91 Å². The van der Waals surface area contributed by atoms with Gasteiger partial charge in [0.25, 0.3) is 0 Å². The van der Waals surface area contributed by atoms with Gasteiger partial charge in [0, 0.05) is 49.9 Å². The van der Waals surface area contributed by atoms with Crippen LogP contribution in [0.1, 0.15) is 19.3 Å². The summed E-state index contributed by atoms with van der Waals surface area (Å²) in [5.74, 6) is 0.645. The minimum absolute atomic E-state index is 0.0246. The molecule has 1 amide bonds. The molecule has 3 heterocycles. The number of nitrogens with zero attached hydrogens (tertiary/aromatic N) is 2. The molecule has 0 saturated carbocycles. The summed E-state index contributed by atoms with van der Waals surface area (Å²) in [4.78, 5) is 18.1. The van der Waals surface area contributed by atoms with Crippen LogP contribution in [-0.2, 0) is 14.6 Å². The second-order valence-electron chi connectivity index (χ2n) is 6.01. The molecule has 1 atom stereocenters. The van der Waals surface area contributed by atoms with E-state index in [4.69, 9.17) is 4.74 Å². The van der Waals surface area contributed by atoms with Crippen molar-refractivity contribution in [2.24, 2.45) is 5.92 Å². The van der Waals surface area contributed by atoms with Gasteiger partial charge in [-0.2, -0.15) is 0 Å². The maximum absolute atomic E-state index is 12.3. The van der Waals surface area contributed by atoms with Gasteiger partial charge in [-0.15, -0.1) is 0 Å².